The van der Waals surface area contributed by atoms with Crippen molar-refractivity contribution >= 4 is 16.1 Å². The first kappa shape index (κ1) is 15.9. The van der Waals surface area contributed by atoms with Crippen molar-refractivity contribution in [1.82, 2.24) is 0 Å². The van der Waals surface area contributed by atoms with Crippen molar-refractivity contribution in [3.8, 4) is 0 Å². The van der Waals surface area contributed by atoms with E-state index in [0.717, 1.165) is 0 Å². The van der Waals surface area contributed by atoms with Crippen molar-refractivity contribution in [3.05, 3.63) is 12.2 Å². The van der Waals surface area contributed by atoms with Crippen LogP contribution in [0.2, 0.25) is 0 Å². The highest BCUT2D eigenvalue weighted by atomic mass is 32.2. The molecule has 0 saturated carbocycles. The Hall–Kier alpha value is -1.09. The van der Waals surface area contributed by atoms with Crippen molar-refractivity contribution in [2.75, 3.05) is 6.61 Å². The molecule has 0 aliphatic carbocycles. The van der Waals surface area contributed by atoms with E-state index in [4.69, 9.17) is 4.55 Å². The molecule has 0 radical (unpaired) electrons. The quantitative estimate of drug-likeness (QED) is 0.449. The van der Waals surface area contributed by atoms with Gasteiger partial charge in [0.15, 0.2) is 6.17 Å². The molecule has 0 rings (SSSR count). The Morgan fingerprint density at radius 2 is 2.00 bits per heavy atom. The summed E-state index contributed by atoms with van der Waals surface area (Å²) in [5.74, 6) is -0.910. The third-order valence-electron chi connectivity index (χ3n) is 1.66. The van der Waals surface area contributed by atoms with Crippen LogP contribution in [0.5, 0.6) is 0 Å². The van der Waals surface area contributed by atoms with Crippen LogP contribution in [0.1, 0.15) is 13.3 Å². The number of esters is 1. The van der Waals surface area contributed by atoms with E-state index < -0.39 is 40.5 Å². The minimum Gasteiger partial charge on any atom is -0.462 e. The maximum Gasteiger partial charge on any atom is 0.400 e. The van der Waals surface area contributed by atoms with Gasteiger partial charge in [-0.15, -0.1) is 0 Å². The van der Waals surface area contributed by atoms with Gasteiger partial charge in [-0.2, -0.15) is 17.2 Å². The number of rotatable bonds is 6. The smallest absolute Gasteiger partial charge is 0.400 e. The van der Waals surface area contributed by atoms with Crippen molar-refractivity contribution in [1.29, 1.82) is 0 Å². The van der Waals surface area contributed by atoms with E-state index in [9.17, 15) is 26.4 Å². The van der Waals surface area contributed by atoms with Crippen LogP contribution in [0, 0.1) is 0 Å². The SMILES string of the molecule is C=C(C)C(=O)OCCC(F)C(F)(F)S(=O)(=O)O. The summed E-state index contributed by atoms with van der Waals surface area (Å²) >= 11 is 0. The molecular formula is C8H11F3O5S. The maximum absolute atomic E-state index is 12.8. The molecule has 17 heavy (non-hydrogen) atoms. The van der Waals surface area contributed by atoms with E-state index in [1.807, 2.05) is 0 Å². The zero-order valence-corrected chi connectivity index (χ0v) is 9.64. The second-order valence-electron chi connectivity index (χ2n) is 3.21. The molecule has 0 aromatic carbocycles. The summed E-state index contributed by atoms with van der Waals surface area (Å²) in [4.78, 5) is 10.8. The summed E-state index contributed by atoms with van der Waals surface area (Å²) in [6.45, 7) is 3.73. The van der Waals surface area contributed by atoms with Gasteiger partial charge in [0, 0.05) is 12.0 Å². The number of alkyl halides is 3. The molecule has 0 bridgehead atoms. The van der Waals surface area contributed by atoms with Gasteiger partial charge in [0.05, 0.1) is 6.61 Å². The molecular weight excluding hydrogens is 265 g/mol. The minimum atomic E-state index is -5.83. The van der Waals surface area contributed by atoms with Crippen LogP contribution in [-0.4, -0.2) is 37.0 Å². The van der Waals surface area contributed by atoms with Gasteiger partial charge in [0.2, 0.25) is 0 Å². The lowest BCUT2D eigenvalue weighted by Gasteiger charge is -2.17. The predicted octanol–water partition coefficient (Wildman–Crippen LogP) is 1.31. The molecule has 0 fully saturated rings. The Kier molecular flexibility index (Phi) is 5.14. The molecule has 0 heterocycles. The van der Waals surface area contributed by atoms with Crippen molar-refractivity contribution in [2.24, 2.45) is 0 Å². The Balaban J connectivity index is 4.34. The largest absolute Gasteiger partial charge is 0.462 e. The highest BCUT2D eigenvalue weighted by Gasteiger charge is 2.52. The summed E-state index contributed by atoms with van der Waals surface area (Å²) in [5, 5.41) is -4.93. The molecule has 1 atom stereocenters. The number of ether oxygens (including phenoxy) is 1. The van der Waals surface area contributed by atoms with Crippen LogP contribution in [0.4, 0.5) is 13.2 Å². The number of carbonyl (C=O) groups excluding carboxylic acids is 1. The molecule has 0 amide bonds. The molecule has 0 aromatic rings. The first-order valence-electron chi connectivity index (χ1n) is 4.31. The zero-order valence-electron chi connectivity index (χ0n) is 8.82. The van der Waals surface area contributed by atoms with Crippen LogP contribution in [-0.2, 0) is 19.6 Å². The van der Waals surface area contributed by atoms with Crippen LogP contribution >= 0.6 is 0 Å². The van der Waals surface area contributed by atoms with E-state index >= 15 is 0 Å². The molecule has 5 nitrogen and oxygen atoms in total. The van der Waals surface area contributed by atoms with Gasteiger partial charge < -0.3 is 4.74 Å². The molecule has 0 saturated heterocycles. The number of halogens is 3. The lowest BCUT2D eigenvalue weighted by Crippen LogP contribution is -2.39. The fraction of sp³-hybridized carbons (Fsp3) is 0.625. The Morgan fingerprint density at radius 1 is 1.53 bits per heavy atom. The summed E-state index contributed by atoms with van der Waals surface area (Å²) in [7, 11) is -5.83. The summed E-state index contributed by atoms with van der Waals surface area (Å²) < 4.78 is 70.8. The van der Waals surface area contributed by atoms with Crippen LogP contribution < -0.4 is 0 Å². The molecule has 1 N–H and O–H groups in total. The van der Waals surface area contributed by atoms with Crippen molar-refractivity contribution < 1.29 is 35.7 Å². The third-order valence-corrected chi connectivity index (χ3v) is 2.61. The van der Waals surface area contributed by atoms with E-state index in [2.05, 4.69) is 11.3 Å². The van der Waals surface area contributed by atoms with E-state index in [-0.39, 0.29) is 5.57 Å². The number of hydrogen-bond acceptors (Lipinski definition) is 4. The second-order valence-corrected chi connectivity index (χ2v) is 4.70. The summed E-state index contributed by atoms with van der Waals surface area (Å²) in [6.07, 6.45) is -4.23. The van der Waals surface area contributed by atoms with Gasteiger partial charge >= 0.3 is 21.3 Å². The van der Waals surface area contributed by atoms with Gasteiger partial charge in [0.1, 0.15) is 0 Å². The minimum absolute atomic E-state index is 0.0121. The van der Waals surface area contributed by atoms with Gasteiger partial charge in [-0.05, 0) is 6.92 Å². The average molecular weight is 276 g/mol. The zero-order chi connectivity index (χ0) is 13.9. The highest BCUT2D eigenvalue weighted by Crippen LogP contribution is 2.29. The first-order chi connectivity index (χ1) is 7.50. The first-order valence-corrected chi connectivity index (χ1v) is 5.75. The van der Waals surface area contributed by atoms with Gasteiger partial charge in [-0.3, -0.25) is 4.55 Å². The highest BCUT2D eigenvalue weighted by molar-refractivity contribution is 7.86. The Labute approximate surface area is 96.0 Å². The molecule has 0 spiro atoms. The monoisotopic (exact) mass is 276 g/mol. The maximum atomic E-state index is 12.8. The fourth-order valence-corrected chi connectivity index (χ4v) is 1.15. The van der Waals surface area contributed by atoms with Crippen LogP contribution in [0.15, 0.2) is 12.2 Å². The molecule has 1 unspecified atom stereocenters. The topological polar surface area (TPSA) is 80.7 Å². The van der Waals surface area contributed by atoms with E-state index in [0.29, 0.717) is 0 Å². The third kappa shape index (κ3) is 4.35. The van der Waals surface area contributed by atoms with Crippen molar-refractivity contribution in [2.45, 2.75) is 24.8 Å². The molecule has 100 valence electrons. The van der Waals surface area contributed by atoms with Crippen LogP contribution in [0.25, 0.3) is 0 Å². The molecule has 0 aliphatic heterocycles. The number of carbonyl (C=O) groups is 1. The second kappa shape index (κ2) is 5.50. The van der Waals surface area contributed by atoms with Crippen LogP contribution in [0.3, 0.4) is 0 Å². The molecule has 0 aliphatic rings. The summed E-state index contributed by atoms with van der Waals surface area (Å²) in [6, 6.07) is 0. The predicted molar refractivity (Wildman–Crippen MR) is 51.8 cm³/mol. The van der Waals surface area contributed by atoms with E-state index in [1.54, 1.807) is 0 Å². The standard InChI is InChI=1S/C8H11F3O5S/c1-5(2)7(12)16-4-3-6(9)8(10,11)17(13,14)15/h6H,1,3-4H2,2H3,(H,13,14,15). The lowest BCUT2D eigenvalue weighted by molar-refractivity contribution is -0.140. The average Bonchev–Trinajstić information content (AvgIpc) is 2.15. The van der Waals surface area contributed by atoms with Gasteiger partial charge in [-0.1, -0.05) is 6.58 Å². The van der Waals surface area contributed by atoms with Crippen molar-refractivity contribution in [3.63, 3.8) is 0 Å². The molecule has 0 aromatic heterocycles. The Bertz CT molecular complexity index is 403. The number of hydrogen-bond donors (Lipinski definition) is 1. The summed E-state index contributed by atoms with van der Waals surface area (Å²) in [5.41, 5.74) is -0.0121. The van der Waals surface area contributed by atoms with Gasteiger partial charge in [-0.25, -0.2) is 9.18 Å². The van der Waals surface area contributed by atoms with Gasteiger partial charge in [0.25, 0.3) is 0 Å². The Morgan fingerprint density at radius 3 is 2.35 bits per heavy atom. The normalized spacial score (nSPS) is 14.2. The fourth-order valence-electron chi connectivity index (χ4n) is 0.708. The lowest BCUT2D eigenvalue weighted by atomic mass is 10.3. The van der Waals surface area contributed by atoms with E-state index in [1.165, 1.54) is 6.92 Å². The molecule has 9 heteroatoms.